The summed E-state index contributed by atoms with van der Waals surface area (Å²) in [7, 11) is 0. The summed E-state index contributed by atoms with van der Waals surface area (Å²) in [6, 6.07) is 11.7. The summed E-state index contributed by atoms with van der Waals surface area (Å²) in [5.74, 6) is 1.05. The van der Waals surface area contributed by atoms with Gasteiger partial charge in [0.05, 0.1) is 5.56 Å². The van der Waals surface area contributed by atoms with Crippen molar-refractivity contribution in [2.75, 3.05) is 5.32 Å². The van der Waals surface area contributed by atoms with Crippen LogP contribution in [0.2, 0.25) is 0 Å². The van der Waals surface area contributed by atoms with Crippen molar-refractivity contribution in [2.24, 2.45) is 0 Å². The van der Waals surface area contributed by atoms with Crippen LogP contribution < -0.4 is 10.1 Å². The number of nitrogens with one attached hydrogen (secondary N) is 1. The maximum atomic E-state index is 12.7. The number of carbonyl (C=O) groups is 1. The first-order chi connectivity index (χ1) is 12.9. The molecule has 0 aliphatic carbocycles. The van der Waals surface area contributed by atoms with Gasteiger partial charge in [0.1, 0.15) is 18.1 Å². The van der Waals surface area contributed by atoms with E-state index in [4.69, 9.17) is 9.26 Å². The summed E-state index contributed by atoms with van der Waals surface area (Å²) in [6.45, 7) is 10.1. The van der Waals surface area contributed by atoms with Crippen LogP contribution in [0.15, 0.2) is 40.9 Å². The Morgan fingerprint density at radius 3 is 2.56 bits per heavy atom. The lowest BCUT2D eigenvalue weighted by atomic mass is 10.1. The van der Waals surface area contributed by atoms with Crippen LogP contribution in [0, 0.1) is 34.6 Å². The number of hydrogen-bond acceptors (Lipinski definition) is 4. The number of aromatic nitrogens is 1. The molecule has 0 spiro atoms. The molecule has 0 aliphatic rings. The second kappa shape index (κ2) is 7.66. The van der Waals surface area contributed by atoms with E-state index in [2.05, 4.69) is 10.5 Å². The number of benzene rings is 2. The zero-order valence-corrected chi connectivity index (χ0v) is 16.3. The van der Waals surface area contributed by atoms with Gasteiger partial charge in [0.15, 0.2) is 5.69 Å². The number of aryl methyl sites for hydroxylation is 4. The van der Waals surface area contributed by atoms with Crippen LogP contribution in [0.25, 0.3) is 0 Å². The normalized spacial score (nSPS) is 10.7. The molecule has 1 amide bonds. The fourth-order valence-electron chi connectivity index (χ4n) is 2.78. The average molecular weight is 364 g/mol. The molecule has 0 fully saturated rings. The van der Waals surface area contributed by atoms with Gasteiger partial charge >= 0.3 is 0 Å². The van der Waals surface area contributed by atoms with Gasteiger partial charge in [-0.2, -0.15) is 0 Å². The van der Waals surface area contributed by atoms with Crippen LogP contribution in [0.3, 0.4) is 0 Å². The summed E-state index contributed by atoms with van der Waals surface area (Å²) >= 11 is 0. The lowest BCUT2D eigenvalue weighted by molar-refractivity contribution is 0.101. The molecule has 0 saturated heterocycles. The van der Waals surface area contributed by atoms with E-state index < -0.39 is 0 Å². The summed E-state index contributed by atoms with van der Waals surface area (Å²) in [6.07, 6.45) is 0. The van der Waals surface area contributed by atoms with Gasteiger partial charge in [-0.25, -0.2) is 0 Å². The minimum absolute atomic E-state index is 0.218. The third kappa shape index (κ3) is 4.03. The number of amides is 1. The van der Waals surface area contributed by atoms with E-state index >= 15 is 0 Å². The third-order valence-corrected chi connectivity index (χ3v) is 4.89. The van der Waals surface area contributed by atoms with E-state index in [1.807, 2.05) is 64.1 Å². The molecule has 27 heavy (non-hydrogen) atoms. The number of anilines is 1. The second-order valence-electron chi connectivity index (χ2n) is 6.81. The van der Waals surface area contributed by atoms with Gasteiger partial charge in [-0.15, -0.1) is 0 Å². The lowest BCUT2D eigenvalue weighted by Crippen LogP contribution is -2.15. The molecule has 0 unspecified atom stereocenters. The molecule has 3 rings (SSSR count). The average Bonchev–Trinajstić information content (AvgIpc) is 3.00. The molecule has 1 heterocycles. The van der Waals surface area contributed by atoms with Gasteiger partial charge in [-0.1, -0.05) is 23.4 Å². The highest BCUT2D eigenvalue weighted by atomic mass is 16.5. The largest absolute Gasteiger partial charge is 0.488 e. The molecule has 0 radical (unpaired) electrons. The van der Waals surface area contributed by atoms with Crippen molar-refractivity contribution in [3.8, 4) is 5.75 Å². The molecular weight excluding hydrogens is 340 g/mol. The summed E-state index contributed by atoms with van der Waals surface area (Å²) < 4.78 is 11.2. The Bertz CT molecular complexity index is 989. The summed E-state index contributed by atoms with van der Waals surface area (Å²) in [5.41, 5.74) is 6.14. The van der Waals surface area contributed by atoms with E-state index in [0.29, 0.717) is 11.3 Å². The van der Waals surface area contributed by atoms with Crippen molar-refractivity contribution >= 4 is 11.6 Å². The fraction of sp³-hybridized carbons (Fsp3) is 0.273. The van der Waals surface area contributed by atoms with Crippen molar-refractivity contribution in [1.82, 2.24) is 5.16 Å². The highest BCUT2D eigenvalue weighted by molar-refractivity contribution is 6.03. The number of hydrogen-bond donors (Lipinski definition) is 1. The summed E-state index contributed by atoms with van der Waals surface area (Å²) in [4.78, 5) is 12.7. The predicted molar refractivity (Wildman–Crippen MR) is 105 cm³/mol. The zero-order valence-electron chi connectivity index (χ0n) is 16.3. The van der Waals surface area contributed by atoms with E-state index in [9.17, 15) is 4.79 Å². The second-order valence-corrected chi connectivity index (χ2v) is 6.81. The number of carbonyl (C=O) groups excluding carboxylic acids is 1. The Morgan fingerprint density at radius 2 is 1.81 bits per heavy atom. The molecule has 2 aromatic carbocycles. The maximum Gasteiger partial charge on any atom is 0.278 e. The predicted octanol–water partition coefficient (Wildman–Crippen LogP) is 5.05. The molecule has 140 valence electrons. The van der Waals surface area contributed by atoms with Gasteiger partial charge in [-0.05, 0) is 75.1 Å². The molecule has 3 aromatic rings. The van der Waals surface area contributed by atoms with Crippen LogP contribution in [0.5, 0.6) is 5.75 Å². The molecule has 5 nitrogen and oxygen atoms in total. The molecule has 5 heteroatoms. The van der Waals surface area contributed by atoms with Crippen molar-refractivity contribution in [3.05, 3.63) is 75.7 Å². The van der Waals surface area contributed by atoms with Crippen molar-refractivity contribution < 1.29 is 14.1 Å². The Balaban J connectivity index is 1.78. The smallest absolute Gasteiger partial charge is 0.278 e. The van der Waals surface area contributed by atoms with Crippen molar-refractivity contribution in [3.63, 3.8) is 0 Å². The van der Waals surface area contributed by atoms with Crippen molar-refractivity contribution in [1.29, 1.82) is 0 Å². The molecule has 0 atom stereocenters. The minimum atomic E-state index is -0.310. The van der Waals surface area contributed by atoms with E-state index in [1.165, 1.54) is 5.56 Å². The van der Waals surface area contributed by atoms with E-state index in [1.54, 1.807) is 6.92 Å². The highest BCUT2D eigenvalue weighted by Crippen LogP contribution is 2.24. The van der Waals surface area contributed by atoms with Crippen LogP contribution >= 0.6 is 0 Å². The first-order valence-electron chi connectivity index (χ1n) is 8.89. The van der Waals surface area contributed by atoms with Crippen LogP contribution in [-0.4, -0.2) is 11.1 Å². The minimum Gasteiger partial charge on any atom is -0.488 e. The maximum absolute atomic E-state index is 12.7. The quantitative estimate of drug-likeness (QED) is 0.688. The molecule has 0 saturated carbocycles. The number of rotatable bonds is 5. The highest BCUT2D eigenvalue weighted by Gasteiger charge is 2.21. The monoisotopic (exact) mass is 364 g/mol. The number of ether oxygens (including phenoxy) is 1. The first kappa shape index (κ1) is 18.7. The van der Waals surface area contributed by atoms with Crippen LogP contribution in [0.4, 0.5) is 5.69 Å². The SMILES string of the molecule is Cc1ccc(NC(=O)c2noc(C)c2COc2cccc(C)c2C)cc1C. The van der Waals surface area contributed by atoms with E-state index in [-0.39, 0.29) is 18.2 Å². The molecule has 0 bridgehead atoms. The Hall–Kier alpha value is -3.08. The molecule has 1 N–H and O–H groups in total. The Kier molecular flexibility index (Phi) is 5.31. The standard InChI is InChI=1S/C22H24N2O3/c1-13-9-10-18(11-15(13)3)23-22(25)21-19(17(5)27-24-21)12-26-20-8-6-7-14(2)16(20)4/h6-11H,12H2,1-5H3,(H,23,25). The lowest BCUT2D eigenvalue weighted by Gasteiger charge is -2.11. The zero-order chi connectivity index (χ0) is 19.6. The Morgan fingerprint density at radius 1 is 1.04 bits per heavy atom. The van der Waals surface area contributed by atoms with Gasteiger partial charge in [0, 0.05) is 5.69 Å². The fourth-order valence-corrected chi connectivity index (χ4v) is 2.78. The molecular formula is C22H24N2O3. The van der Waals surface area contributed by atoms with Gasteiger partial charge in [0.25, 0.3) is 5.91 Å². The topological polar surface area (TPSA) is 64.4 Å². The van der Waals surface area contributed by atoms with Crippen molar-refractivity contribution in [2.45, 2.75) is 41.2 Å². The molecule has 1 aromatic heterocycles. The third-order valence-electron chi connectivity index (χ3n) is 4.89. The van der Waals surface area contributed by atoms with Gasteiger partial charge < -0.3 is 14.6 Å². The Labute approximate surface area is 159 Å². The van der Waals surface area contributed by atoms with Gasteiger partial charge in [-0.3, -0.25) is 4.79 Å². The van der Waals surface area contributed by atoms with Gasteiger partial charge in [0.2, 0.25) is 0 Å². The van der Waals surface area contributed by atoms with Crippen LogP contribution in [-0.2, 0) is 6.61 Å². The first-order valence-corrected chi connectivity index (χ1v) is 8.89. The summed E-state index contributed by atoms with van der Waals surface area (Å²) in [5, 5.41) is 6.82. The van der Waals surface area contributed by atoms with Crippen LogP contribution in [0.1, 0.15) is 44.1 Å². The number of nitrogens with zero attached hydrogens (tertiary/aromatic N) is 1. The van der Waals surface area contributed by atoms with E-state index in [0.717, 1.165) is 28.1 Å². The molecule has 0 aliphatic heterocycles.